The minimum absolute atomic E-state index is 0.0667. The average Bonchev–Trinajstić information content (AvgIpc) is 2.92. The van der Waals surface area contributed by atoms with Gasteiger partial charge >= 0.3 is 6.01 Å². The average molecular weight is 319 g/mol. The summed E-state index contributed by atoms with van der Waals surface area (Å²) in [5.74, 6) is 0.352. The van der Waals surface area contributed by atoms with E-state index in [1.54, 1.807) is 4.52 Å². The van der Waals surface area contributed by atoms with Crippen molar-refractivity contribution < 1.29 is 4.74 Å². The molecule has 3 heterocycles. The second kappa shape index (κ2) is 7.10. The summed E-state index contributed by atoms with van der Waals surface area (Å²) in [6.45, 7) is 8.99. The molecule has 1 atom stereocenters. The van der Waals surface area contributed by atoms with Crippen LogP contribution in [0.2, 0.25) is 0 Å². The maximum atomic E-state index is 6.02. The standard InChI is InChI=1S/C15H25N7O/c1-3-4-11(2)23-15-19-13(16)14-18-9-12(22(14)20-15)10-21-7-5-17-6-8-21/h9,11,17H,3-8,10H2,1-2H3,(H2,16,19,20). The minimum Gasteiger partial charge on any atom is -0.459 e. The lowest BCUT2D eigenvalue weighted by Gasteiger charge is -2.26. The van der Waals surface area contributed by atoms with E-state index in [1.807, 2.05) is 13.1 Å². The zero-order valence-electron chi connectivity index (χ0n) is 13.8. The zero-order chi connectivity index (χ0) is 16.2. The van der Waals surface area contributed by atoms with Crippen LogP contribution in [0, 0.1) is 0 Å². The van der Waals surface area contributed by atoms with Crippen LogP contribution in [-0.4, -0.2) is 56.8 Å². The molecule has 2 aromatic heterocycles. The number of piperazine rings is 1. The van der Waals surface area contributed by atoms with Crippen LogP contribution in [0.3, 0.4) is 0 Å². The molecule has 126 valence electrons. The van der Waals surface area contributed by atoms with Crippen LogP contribution < -0.4 is 15.8 Å². The van der Waals surface area contributed by atoms with E-state index in [0.717, 1.165) is 51.3 Å². The molecule has 3 N–H and O–H groups in total. The maximum absolute atomic E-state index is 6.02. The Labute approximate surface area is 136 Å². The summed E-state index contributed by atoms with van der Waals surface area (Å²) in [5, 5.41) is 7.84. The van der Waals surface area contributed by atoms with Gasteiger partial charge in [0.15, 0.2) is 11.5 Å². The van der Waals surface area contributed by atoms with E-state index in [1.165, 1.54) is 0 Å². The summed E-state index contributed by atoms with van der Waals surface area (Å²) in [4.78, 5) is 11.0. The number of nitrogens with zero attached hydrogens (tertiary/aromatic N) is 5. The number of nitrogen functional groups attached to an aromatic ring is 1. The van der Waals surface area contributed by atoms with Gasteiger partial charge in [0, 0.05) is 32.7 Å². The molecule has 8 nitrogen and oxygen atoms in total. The van der Waals surface area contributed by atoms with E-state index in [9.17, 15) is 0 Å². The molecule has 0 bridgehead atoms. The molecule has 8 heteroatoms. The maximum Gasteiger partial charge on any atom is 0.336 e. The molecule has 1 aliphatic rings. The smallest absolute Gasteiger partial charge is 0.336 e. The number of nitrogens with one attached hydrogen (secondary N) is 1. The van der Waals surface area contributed by atoms with Crippen molar-refractivity contribution in [1.29, 1.82) is 0 Å². The first-order chi connectivity index (χ1) is 11.2. The molecule has 0 radical (unpaired) electrons. The van der Waals surface area contributed by atoms with Crippen molar-refractivity contribution in [3.05, 3.63) is 11.9 Å². The molecule has 1 saturated heterocycles. The fraction of sp³-hybridized carbons (Fsp3) is 0.667. The van der Waals surface area contributed by atoms with Gasteiger partial charge in [-0.15, -0.1) is 5.10 Å². The van der Waals surface area contributed by atoms with Crippen molar-refractivity contribution in [2.45, 2.75) is 39.3 Å². The highest BCUT2D eigenvalue weighted by Crippen LogP contribution is 2.17. The molecule has 0 spiro atoms. The third kappa shape index (κ3) is 3.70. The van der Waals surface area contributed by atoms with Gasteiger partial charge in [0.2, 0.25) is 0 Å². The van der Waals surface area contributed by atoms with Gasteiger partial charge in [0.25, 0.3) is 0 Å². The van der Waals surface area contributed by atoms with Gasteiger partial charge in [-0.1, -0.05) is 13.3 Å². The second-order valence-corrected chi connectivity index (χ2v) is 6.01. The zero-order valence-corrected chi connectivity index (χ0v) is 13.8. The van der Waals surface area contributed by atoms with Crippen LogP contribution >= 0.6 is 0 Å². The lowest BCUT2D eigenvalue weighted by molar-refractivity contribution is 0.188. The van der Waals surface area contributed by atoms with Crippen LogP contribution in [0.25, 0.3) is 5.65 Å². The number of fused-ring (bicyclic) bond motifs is 1. The normalized spacial score (nSPS) is 17.5. The van der Waals surface area contributed by atoms with Crippen LogP contribution in [-0.2, 0) is 6.54 Å². The molecule has 1 unspecified atom stereocenters. The fourth-order valence-electron chi connectivity index (χ4n) is 2.83. The Balaban J connectivity index is 1.83. The number of hydrogen-bond donors (Lipinski definition) is 2. The Bertz CT molecular complexity index is 651. The van der Waals surface area contributed by atoms with Crippen molar-refractivity contribution >= 4 is 11.5 Å². The summed E-state index contributed by atoms with van der Waals surface area (Å²) in [6.07, 6.45) is 3.90. The summed E-state index contributed by atoms with van der Waals surface area (Å²) in [7, 11) is 0. The van der Waals surface area contributed by atoms with Crippen molar-refractivity contribution in [1.82, 2.24) is 29.8 Å². The van der Waals surface area contributed by atoms with Gasteiger partial charge in [0.05, 0.1) is 18.0 Å². The van der Waals surface area contributed by atoms with E-state index >= 15 is 0 Å². The Kier molecular flexibility index (Phi) is 4.92. The Morgan fingerprint density at radius 1 is 1.39 bits per heavy atom. The largest absolute Gasteiger partial charge is 0.459 e. The van der Waals surface area contributed by atoms with Crippen LogP contribution in [0.1, 0.15) is 32.4 Å². The first-order valence-corrected chi connectivity index (χ1v) is 8.27. The Morgan fingerprint density at radius 3 is 2.91 bits per heavy atom. The molecule has 0 aliphatic carbocycles. The van der Waals surface area contributed by atoms with Crippen LogP contribution in [0.4, 0.5) is 5.82 Å². The number of imidazole rings is 1. The number of nitrogens with two attached hydrogens (primary N) is 1. The molecular formula is C15H25N7O. The third-order valence-corrected chi connectivity index (χ3v) is 4.04. The van der Waals surface area contributed by atoms with Crippen molar-refractivity contribution in [3.8, 4) is 6.01 Å². The van der Waals surface area contributed by atoms with E-state index < -0.39 is 0 Å². The highest BCUT2D eigenvalue weighted by molar-refractivity contribution is 5.59. The molecular weight excluding hydrogens is 294 g/mol. The lowest BCUT2D eigenvalue weighted by Crippen LogP contribution is -2.43. The molecule has 0 amide bonds. The number of anilines is 1. The quantitative estimate of drug-likeness (QED) is 0.808. The van der Waals surface area contributed by atoms with E-state index in [4.69, 9.17) is 10.5 Å². The summed E-state index contributed by atoms with van der Waals surface area (Å²) in [6, 6.07) is 0.315. The van der Waals surface area contributed by atoms with E-state index in [0.29, 0.717) is 17.5 Å². The van der Waals surface area contributed by atoms with Crippen molar-refractivity contribution in [2.24, 2.45) is 0 Å². The SMILES string of the molecule is CCCC(C)Oc1nc(N)c2ncc(CN3CCNCC3)n2n1. The molecule has 1 fully saturated rings. The van der Waals surface area contributed by atoms with Gasteiger partial charge in [-0.2, -0.15) is 4.98 Å². The first kappa shape index (κ1) is 15.9. The topological polar surface area (TPSA) is 93.6 Å². The van der Waals surface area contributed by atoms with Gasteiger partial charge in [-0.3, -0.25) is 4.90 Å². The highest BCUT2D eigenvalue weighted by atomic mass is 16.5. The minimum atomic E-state index is 0.0667. The second-order valence-electron chi connectivity index (χ2n) is 6.01. The fourth-order valence-corrected chi connectivity index (χ4v) is 2.83. The first-order valence-electron chi connectivity index (χ1n) is 8.27. The van der Waals surface area contributed by atoms with Crippen LogP contribution in [0.5, 0.6) is 6.01 Å². The molecule has 0 aromatic carbocycles. The lowest BCUT2D eigenvalue weighted by atomic mass is 10.2. The highest BCUT2D eigenvalue weighted by Gasteiger charge is 2.16. The van der Waals surface area contributed by atoms with E-state index in [-0.39, 0.29) is 6.10 Å². The molecule has 3 rings (SSSR count). The summed E-state index contributed by atoms with van der Waals surface area (Å²) >= 11 is 0. The summed E-state index contributed by atoms with van der Waals surface area (Å²) in [5.41, 5.74) is 7.61. The Hall–Kier alpha value is -1.93. The Morgan fingerprint density at radius 2 is 2.17 bits per heavy atom. The summed E-state index contributed by atoms with van der Waals surface area (Å²) < 4.78 is 7.55. The molecule has 1 aliphatic heterocycles. The van der Waals surface area contributed by atoms with Gasteiger partial charge < -0.3 is 15.8 Å². The number of rotatable bonds is 6. The third-order valence-electron chi connectivity index (χ3n) is 4.04. The van der Waals surface area contributed by atoms with Crippen molar-refractivity contribution in [3.63, 3.8) is 0 Å². The predicted octanol–water partition coefficient (Wildman–Crippen LogP) is 0.679. The monoisotopic (exact) mass is 319 g/mol. The van der Waals surface area contributed by atoms with Crippen LogP contribution in [0.15, 0.2) is 6.20 Å². The molecule has 2 aromatic rings. The van der Waals surface area contributed by atoms with E-state index in [2.05, 4.69) is 32.2 Å². The van der Waals surface area contributed by atoms with Gasteiger partial charge in [0.1, 0.15) is 0 Å². The van der Waals surface area contributed by atoms with Crippen molar-refractivity contribution in [2.75, 3.05) is 31.9 Å². The van der Waals surface area contributed by atoms with Gasteiger partial charge in [-0.25, -0.2) is 9.50 Å². The number of aromatic nitrogens is 4. The molecule has 23 heavy (non-hydrogen) atoms. The number of hydrogen-bond acceptors (Lipinski definition) is 7. The number of ether oxygens (including phenoxy) is 1. The van der Waals surface area contributed by atoms with Gasteiger partial charge in [-0.05, 0) is 13.3 Å². The molecule has 0 saturated carbocycles. The predicted molar refractivity (Wildman–Crippen MR) is 88.3 cm³/mol.